The molecule has 0 saturated heterocycles. The Morgan fingerprint density at radius 3 is 2.27 bits per heavy atom. The van der Waals surface area contributed by atoms with Crippen molar-refractivity contribution in [1.82, 2.24) is 5.32 Å². The molecular formula is C22H28FNO2. The second-order valence-corrected chi connectivity index (χ2v) is 7.55. The van der Waals surface area contributed by atoms with Gasteiger partial charge in [-0.1, -0.05) is 64.1 Å². The van der Waals surface area contributed by atoms with E-state index in [9.17, 15) is 9.18 Å². The largest absolute Gasteiger partial charge is 0.478 e. The summed E-state index contributed by atoms with van der Waals surface area (Å²) in [6.07, 6.45) is -0.279. The first-order chi connectivity index (χ1) is 12.2. The average molecular weight is 357 g/mol. The van der Waals surface area contributed by atoms with Crippen LogP contribution in [0.2, 0.25) is 0 Å². The van der Waals surface area contributed by atoms with E-state index in [-0.39, 0.29) is 23.1 Å². The van der Waals surface area contributed by atoms with Crippen molar-refractivity contribution in [2.24, 2.45) is 0 Å². The van der Waals surface area contributed by atoms with E-state index in [4.69, 9.17) is 4.74 Å². The predicted octanol–water partition coefficient (Wildman–Crippen LogP) is 5.16. The minimum Gasteiger partial charge on any atom is -0.478 e. The maximum Gasteiger partial charge on any atom is 0.261 e. The summed E-state index contributed by atoms with van der Waals surface area (Å²) in [5.74, 6) is -0.621. The number of carbonyl (C=O) groups excluding carboxylic acids is 1. The number of hydrogen-bond acceptors (Lipinski definition) is 2. The van der Waals surface area contributed by atoms with Gasteiger partial charge in [-0.2, -0.15) is 0 Å². The minimum absolute atomic E-state index is 0.0892. The van der Waals surface area contributed by atoms with Crippen molar-refractivity contribution < 1.29 is 13.9 Å². The van der Waals surface area contributed by atoms with Crippen LogP contribution in [0.15, 0.2) is 48.5 Å². The maximum atomic E-state index is 13.8. The second-order valence-electron chi connectivity index (χ2n) is 7.55. The first-order valence-corrected chi connectivity index (χ1v) is 9.04. The maximum absolute atomic E-state index is 13.8. The highest BCUT2D eigenvalue weighted by Gasteiger charge is 2.22. The van der Waals surface area contributed by atoms with E-state index in [1.807, 2.05) is 26.0 Å². The van der Waals surface area contributed by atoms with Crippen LogP contribution in [0.1, 0.15) is 58.2 Å². The molecule has 2 rings (SSSR count). The van der Waals surface area contributed by atoms with Crippen LogP contribution in [0, 0.1) is 5.82 Å². The second kappa shape index (κ2) is 8.35. The highest BCUT2D eigenvalue weighted by atomic mass is 19.1. The van der Waals surface area contributed by atoms with Crippen molar-refractivity contribution in [3.05, 3.63) is 65.5 Å². The fourth-order valence-electron chi connectivity index (χ4n) is 2.68. The smallest absolute Gasteiger partial charge is 0.261 e. The van der Waals surface area contributed by atoms with Crippen molar-refractivity contribution >= 4 is 5.91 Å². The molecule has 0 aliphatic carbocycles. The lowest BCUT2D eigenvalue weighted by Gasteiger charge is -2.22. The molecule has 26 heavy (non-hydrogen) atoms. The molecule has 2 aromatic rings. The zero-order valence-electron chi connectivity index (χ0n) is 16.2. The summed E-state index contributed by atoms with van der Waals surface area (Å²) < 4.78 is 19.3. The molecule has 0 aliphatic heterocycles. The van der Waals surface area contributed by atoms with E-state index < -0.39 is 11.9 Å². The molecule has 0 radical (unpaired) electrons. The number of nitrogens with one attached hydrogen (secondary N) is 1. The first kappa shape index (κ1) is 20.0. The van der Waals surface area contributed by atoms with Gasteiger partial charge in [0.25, 0.3) is 5.91 Å². The highest BCUT2D eigenvalue weighted by molar-refractivity contribution is 5.81. The Kier molecular flexibility index (Phi) is 6.41. The molecule has 1 amide bonds. The molecule has 0 unspecified atom stereocenters. The van der Waals surface area contributed by atoms with Crippen LogP contribution < -0.4 is 10.1 Å². The number of rotatable bonds is 6. The summed E-state index contributed by atoms with van der Waals surface area (Å²) in [5.41, 5.74) is 2.35. The van der Waals surface area contributed by atoms with Crippen molar-refractivity contribution in [2.45, 2.75) is 58.6 Å². The van der Waals surface area contributed by atoms with Gasteiger partial charge < -0.3 is 10.1 Å². The Hall–Kier alpha value is -2.36. The van der Waals surface area contributed by atoms with E-state index in [1.54, 1.807) is 12.1 Å². The molecule has 0 spiro atoms. The van der Waals surface area contributed by atoms with Crippen LogP contribution in [0.3, 0.4) is 0 Å². The van der Waals surface area contributed by atoms with Gasteiger partial charge in [0.2, 0.25) is 0 Å². The molecule has 1 N–H and O–H groups in total. The molecule has 3 nitrogen and oxygen atoms in total. The number of hydrogen-bond donors (Lipinski definition) is 1. The topological polar surface area (TPSA) is 38.3 Å². The highest BCUT2D eigenvalue weighted by Crippen LogP contribution is 2.24. The molecule has 4 heteroatoms. The van der Waals surface area contributed by atoms with Crippen LogP contribution in [0.25, 0.3) is 0 Å². The number of halogens is 1. The molecule has 2 atom stereocenters. The average Bonchev–Trinajstić information content (AvgIpc) is 2.60. The van der Waals surface area contributed by atoms with E-state index in [0.717, 1.165) is 5.56 Å². The molecule has 0 fully saturated rings. The third kappa shape index (κ3) is 5.07. The van der Waals surface area contributed by atoms with Crippen molar-refractivity contribution in [3.8, 4) is 5.75 Å². The van der Waals surface area contributed by atoms with Crippen LogP contribution in [0.5, 0.6) is 5.75 Å². The Balaban J connectivity index is 2.03. The quantitative estimate of drug-likeness (QED) is 0.776. The molecule has 0 aliphatic rings. The summed E-state index contributed by atoms with van der Waals surface area (Å²) in [7, 11) is 0. The van der Waals surface area contributed by atoms with Crippen LogP contribution in [-0.2, 0) is 10.2 Å². The lowest BCUT2D eigenvalue weighted by atomic mass is 9.86. The van der Waals surface area contributed by atoms with Crippen LogP contribution in [0.4, 0.5) is 4.39 Å². The normalized spacial score (nSPS) is 13.8. The van der Waals surface area contributed by atoms with Gasteiger partial charge in [-0.25, -0.2) is 4.39 Å². The van der Waals surface area contributed by atoms with Crippen LogP contribution >= 0.6 is 0 Å². The van der Waals surface area contributed by atoms with Crippen molar-refractivity contribution in [2.75, 3.05) is 0 Å². The van der Waals surface area contributed by atoms with E-state index in [1.165, 1.54) is 17.7 Å². The molecule has 0 saturated carbocycles. The summed E-state index contributed by atoms with van der Waals surface area (Å²) >= 11 is 0. The zero-order valence-corrected chi connectivity index (χ0v) is 16.2. The van der Waals surface area contributed by atoms with Gasteiger partial charge in [-0.05, 0) is 42.0 Å². The zero-order chi connectivity index (χ0) is 19.3. The summed E-state index contributed by atoms with van der Waals surface area (Å²) in [6.45, 7) is 10.3. The van der Waals surface area contributed by atoms with Gasteiger partial charge in [0.1, 0.15) is 0 Å². The number of amides is 1. The monoisotopic (exact) mass is 357 g/mol. The Morgan fingerprint density at radius 2 is 1.73 bits per heavy atom. The summed E-state index contributed by atoms with van der Waals surface area (Å²) in [4.78, 5) is 12.5. The van der Waals surface area contributed by atoms with Crippen molar-refractivity contribution in [1.29, 1.82) is 0 Å². The Morgan fingerprint density at radius 1 is 1.12 bits per heavy atom. The lowest BCUT2D eigenvalue weighted by Crippen LogP contribution is -2.39. The molecular weight excluding hydrogens is 329 g/mol. The molecule has 140 valence electrons. The minimum atomic E-state index is -0.733. The number of benzene rings is 2. The number of para-hydroxylation sites is 1. The van der Waals surface area contributed by atoms with E-state index in [0.29, 0.717) is 6.42 Å². The fraction of sp³-hybridized carbons (Fsp3) is 0.409. The van der Waals surface area contributed by atoms with Gasteiger partial charge in [0, 0.05) is 0 Å². The third-order valence-corrected chi connectivity index (χ3v) is 4.40. The molecule has 0 bridgehead atoms. The van der Waals surface area contributed by atoms with Crippen LogP contribution in [-0.4, -0.2) is 12.0 Å². The summed E-state index contributed by atoms with van der Waals surface area (Å²) in [5, 5.41) is 2.96. The first-order valence-electron chi connectivity index (χ1n) is 9.04. The van der Waals surface area contributed by atoms with Gasteiger partial charge in [-0.3, -0.25) is 4.79 Å². The Bertz CT molecular complexity index is 735. The molecule has 0 aromatic heterocycles. The molecule has 0 heterocycles. The Labute approximate surface area is 155 Å². The van der Waals surface area contributed by atoms with Gasteiger partial charge in [0.05, 0.1) is 6.04 Å². The van der Waals surface area contributed by atoms with E-state index in [2.05, 4.69) is 38.2 Å². The van der Waals surface area contributed by atoms with Gasteiger partial charge >= 0.3 is 0 Å². The number of ether oxygens (including phenoxy) is 1. The third-order valence-electron chi connectivity index (χ3n) is 4.40. The van der Waals surface area contributed by atoms with Gasteiger partial charge in [0.15, 0.2) is 17.7 Å². The standard InChI is InChI=1S/C22H28FNO2/c1-6-19(26-20-10-8-7-9-18(20)23)21(25)24-15(2)16-11-13-17(14-12-16)22(3,4)5/h7-15,19H,6H2,1-5H3,(H,24,25)/t15-,19+/m1/s1. The van der Waals surface area contributed by atoms with Gasteiger partial charge in [-0.15, -0.1) is 0 Å². The lowest BCUT2D eigenvalue weighted by molar-refractivity contribution is -0.128. The molecule has 2 aromatic carbocycles. The van der Waals surface area contributed by atoms with Crippen molar-refractivity contribution in [3.63, 3.8) is 0 Å². The SMILES string of the molecule is CC[C@H](Oc1ccccc1F)C(=O)N[C@H](C)c1ccc(C(C)(C)C)cc1. The number of carbonyl (C=O) groups is 1. The summed E-state index contributed by atoms with van der Waals surface area (Å²) in [6, 6.07) is 14.2. The predicted molar refractivity (Wildman–Crippen MR) is 103 cm³/mol. The fourth-order valence-corrected chi connectivity index (χ4v) is 2.68. The van der Waals surface area contributed by atoms with E-state index >= 15 is 0 Å².